The largest absolute Gasteiger partial charge is 0.0842 e. The molecule has 0 spiro atoms. The Bertz CT molecular complexity index is 3770. The lowest BCUT2D eigenvalue weighted by atomic mass is 9.61. The van der Waals surface area contributed by atoms with Gasteiger partial charge in [-0.15, -0.1) is 0 Å². The van der Waals surface area contributed by atoms with Gasteiger partial charge in [0.15, 0.2) is 0 Å². The Labute approximate surface area is 479 Å². The molecule has 9 unspecified atom stereocenters. The van der Waals surface area contributed by atoms with E-state index in [0.717, 1.165) is 77.0 Å². The molecule has 0 radical (unpaired) electrons. The number of hydrogen-bond acceptors (Lipinski definition) is 0. The van der Waals surface area contributed by atoms with Gasteiger partial charge in [-0.2, -0.15) is 0 Å². The minimum absolute atomic E-state index is 0.217. The molecule has 9 atom stereocenters. The molecule has 0 fully saturated rings. The van der Waals surface area contributed by atoms with Crippen molar-refractivity contribution in [2.75, 3.05) is 0 Å². The topological polar surface area (TPSA) is 0 Å². The van der Waals surface area contributed by atoms with Gasteiger partial charge in [-0.1, -0.05) is 206 Å². The van der Waals surface area contributed by atoms with Crippen LogP contribution in [0.15, 0.2) is 209 Å². The number of allylic oxidation sites excluding steroid dienone is 32. The molecule has 0 aromatic heterocycles. The van der Waals surface area contributed by atoms with Crippen LogP contribution in [0.2, 0.25) is 0 Å². The standard InChI is InChI=1S/C80H84/c1-50(80(5,6)7)38-56(36-37-79(2,3)4)62-39-57-33-32-55-34-35-68-69-48-72-73(49-70(69)71-47-65(46-62)74(57)77(55)78(68)71)76(64-44-60(53-26-16-10-17-27-53)41-61(45-64)54-28-18-11-19-29-54)67-31-21-20-30-66(67)75(72)63-42-58(51-22-12-8-13-23-51)40-59(43-63)52-24-14-9-15-25-52/h8-14,16-18,21-22,24,26,28,31-36,39,42-51,53,58,60,66,71,75,78H,15,19-20,23,25,27,29-30,37-38,40-41H2,1-7H3. The average Bonchev–Trinajstić information content (AvgIpc) is 2.67. The highest BCUT2D eigenvalue weighted by Gasteiger charge is 2.46. The summed E-state index contributed by atoms with van der Waals surface area (Å²) in [6, 6.07) is 15.7. The van der Waals surface area contributed by atoms with Crippen molar-refractivity contribution in [1.29, 1.82) is 0 Å². The molecule has 0 amide bonds. The normalized spacial score (nSPS) is 28.4. The van der Waals surface area contributed by atoms with Crippen molar-refractivity contribution in [3.8, 4) is 0 Å². The quantitative estimate of drug-likeness (QED) is 0.190. The zero-order chi connectivity index (χ0) is 54.4. The zero-order valence-electron chi connectivity index (χ0n) is 49.0. The van der Waals surface area contributed by atoms with Gasteiger partial charge in [0.25, 0.3) is 0 Å². The van der Waals surface area contributed by atoms with Gasteiger partial charge in [-0.05, 0) is 258 Å². The van der Waals surface area contributed by atoms with Crippen molar-refractivity contribution in [1.82, 2.24) is 0 Å². The van der Waals surface area contributed by atoms with E-state index < -0.39 is 0 Å². The van der Waals surface area contributed by atoms with Crippen molar-refractivity contribution < 1.29 is 0 Å². The first-order valence-electron chi connectivity index (χ1n) is 31.3. The number of hydrogen-bond donors (Lipinski definition) is 0. The van der Waals surface area contributed by atoms with Crippen LogP contribution in [-0.4, -0.2) is 0 Å². The molecular weight excluding hydrogens is 961 g/mol. The van der Waals surface area contributed by atoms with Gasteiger partial charge in [0.05, 0.1) is 0 Å². The van der Waals surface area contributed by atoms with Crippen LogP contribution in [0.4, 0.5) is 0 Å². The second kappa shape index (κ2) is 20.5. The maximum absolute atomic E-state index is 2.80. The van der Waals surface area contributed by atoms with Crippen molar-refractivity contribution in [2.45, 2.75) is 143 Å². The summed E-state index contributed by atoms with van der Waals surface area (Å²) in [4.78, 5) is 0. The van der Waals surface area contributed by atoms with Gasteiger partial charge in [0, 0.05) is 17.8 Å². The first kappa shape index (κ1) is 51.6. The van der Waals surface area contributed by atoms with Crippen LogP contribution in [0, 0.1) is 46.3 Å². The Morgan fingerprint density at radius 1 is 0.625 bits per heavy atom. The van der Waals surface area contributed by atoms with Crippen molar-refractivity contribution >= 4 is 39.6 Å². The fourth-order valence-electron chi connectivity index (χ4n) is 16.1. The minimum Gasteiger partial charge on any atom is -0.0842 e. The summed E-state index contributed by atoms with van der Waals surface area (Å²) < 4.78 is 0. The number of fused-ring (bicyclic) bond motifs is 5. The van der Waals surface area contributed by atoms with Gasteiger partial charge in [0.1, 0.15) is 0 Å². The van der Waals surface area contributed by atoms with Crippen molar-refractivity contribution in [3.63, 3.8) is 0 Å². The van der Waals surface area contributed by atoms with E-state index in [4.69, 9.17) is 0 Å². The maximum Gasteiger partial charge on any atom is 0.0212 e. The fraction of sp³-hybridized carbons (Fsp3) is 0.375. The third kappa shape index (κ3) is 9.39. The Morgan fingerprint density at radius 3 is 2.01 bits per heavy atom. The van der Waals surface area contributed by atoms with Crippen LogP contribution < -0.4 is 10.4 Å². The third-order valence-electron chi connectivity index (χ3n) is 20.9. The summed E-state index contributed by atoms with van der Waals surface area (Å²) in [5.74, 6) is 3.63. The van der Waals surface area contributed by atoms with E-state index in [-0.39, 0.29) is 22.7 Å². The first-order chi connectivity index (χ1) is 38.8. The highest BCUT2D eigenvalue weighted by atomic mass is 14.5. The molecule has 0 aliphatic heterocycles. The first-order valence-corrected chi connectivity index (χ1v) is 31.3. The molecule has 80 heavy (non-hydrogen) atoms. The second-order valence-electron chi connectivity index (χ2n) is 28.2. The van der Waals surface area contributed by atoms with Crippen LogP contribution in [0.25, 0.3) is 39.6 Å². The number of rotatable bonds is 10. The molecule has 0 saturated carbocycles. The van der Waals surface area contributed by atoms with Crippen LogP contribution in [0.1, 0.15) is 177 Å². The molecule has 11 aliphatic carbocycles. The summed E-state index contributed by atoms with van der Waals surface area (Å²) in [5, 5.41) is 5.70. The molecule has 3 aromatic rings. The predicted octanol–water partition coefficient (Wildman–Crippen LogP) is 20.0. The second-order valence-corrected chi connectivity index (χ2v) is 28.2. The molecule has 0 heteroatoms. The molecule has 0 bridgehead atoms. The van der Waals surface area contributed by atoms with Crippen LogP contribution in [0.5, 0.6) is 0 Å². The third-order valence-corrected chi connectivity index (χ3v) is 20.9. The highest BCUT2D eigenvalue weighted by Crippen LogP contribution is 2.61. The summed E-state index contributed by atoms with van der Waals surface area (Å²) in [6.07, 6.45) is 73.1. The Balaban J connectivity index is 0.995. The molecule has 14 rings (SSSR count). The summed E-state index contributed by atoms with van der Waals surface area (Å²) >= 11 is 0. The average molecular weight is 1050 g/mol. The van der Waals surface area contributed by atoms with E-state index in [1.165, 1.54) is 71.3 Å². The van der Waals surface area contributed by atoms with Crippen LogP contribution >= 0.6 is 0 Å². The Morgan fingerprint density at radius 2 is 1.34 bits per heavy atom. The minimum atomic E-state index is 0.217. The van der Waals surface area contributed by atoms with E-state index in [1.54, 1.807) is 39.0 Å². The predicted molar refractivity (Wildman–Crippen MR) is 343 cm³/mol. The molecule has 0 heterocycles. The van der Waals surface area contributed by atoms with E-state index in [2.05, 4.69) is 231 Å². The molecule has 404 valence electrons. The lowest BCUT2D eigenvalue weighted by Gasteiger charge is -2.42. The molecule has 11 aliphatic rings. The molecule has 0 saturated heterocycles. The lowest BCUT2D eigenvalue weighted by molar-refractivity contribution is 0.266. The molecule has 3 aromatic carbocycles. The maximum atomic E-state index is 2.80. The van der Waals surface area contributed by atoms with Gasteiger partial charge < -0.3 is 0 Å². The molecule has 0 nitrogen and oxygen atoms in total. The van der Waals surface area contributed by atoms with E-state index in [1.807, 2.05) is 0 Å². The summed E-state index contributed by atoms with van der Waals surface area (Å²) in [6.45, 7) is 16.9. The molecule has 0 N–H and O–H groups in total. The highest BCUT2D eigenvalue weighted by molar-refractivity contribution is 6.01. The summed E-state index contributed by atoms with van der Waals surface area (Å²) in [7, 11) is 0. The van der Waals surface area contributed by atoms with Gasteiger partial charge in [0.2, 0.25) is 0 Å². The SMILES string of the molecule is CC(CC(=CCC(C)(C)C)c1cc2c3c4c(ccc3c1)=CC=C1c3cc5c(cc3C(C=2)C14)C(C1=CC(C2C=CC=CC2)CC(C2=CC=CCC2)=C1)=C1C=CCCC1C5C1=CC(C2C=CC=CC2)CC(C2=CC=CCC2)=C1)C(C)(C)C. The van der Waals surface area contributed by atoms with Crippen molar-refractivity contribution in [3.05, 3.63) is 253 Å². The Kier molecular flexibility index (Phi) is 13.2. The monoisotopic (exact) mass is 1040 g/mol. The van der Waals surface area contributed by atoms with Crippen LogP contribution in [0.3, 0.4) is 0 Å². The lowest BCUT2D eigenvalue weighted by Crippen LogP contribution is -2.28. The Hall–Kier alpha value is -6.50. The van der Waals surface area contributed by atoms with E-state index in [9.17, 15) is 0 Å². The van der Waals surface area contributed by atoms with Crippen LogP contribution in [-0.2, 0) is 0 Å². The smallest absolute Gasteiger partial charge is 0.0212 e. The van der Waals surface area contributed by atoms with E-state index >= 15 is 0 Å². The number of benzene rings is 3. The molecular formula is C80H84. The fourth-order valence-corrected chi connectivity index (χ4v) is 16.1. The van der Waals surface area contributed by atoms with Crippen molar-refractivity contribution in [2.24, 2.45) is 46.3 Å². The van der Waals surface area contributed by atoms with Gasteiger partial charge >= 0.3 is 0 Å². The van der Waals surface area contributed by atoms with E-state index in [0.29, 0.717) is 41.4 Å². The van der Waals surface area contributed by atoms with Gasteiger partial charge in [-0.3, -0.25) is 0 Å². The summed E-state index contributed by atoms with van der Waals surface area (Å²) in [5.41, 5.74) is 24.8. The van der Waals surface area contributed by atoms with Gasteiger partial charge in [-0.25, -0.2) is 0 Å². The zero-order valence-corrected chi connectivity index (χ0v) is 49.0.